The number of nitrogens with zero attached hydrogens (tertiary/aromatic N) is 2. The fourth-order valence-electron chi connectivity index (χ4n) is 4.71. The first-order valence-corrected chi connectivity index (χ1v) is 13.4. The van der Waals surface area contributed by atoms with E-state index < -0.39 is 0 Å². The molecular weight excluding hydrogens is 484 g/mol. The zero-order valence-corrected chi connectivity index (χ0v) is 21.7. The number of halogens is 1. The number of carbonyl (C=O) groups is 1. The summed E-state index contributed by atoms with van der Waals surface area (Å²) in [5.41, 5.74) is 6.86. The second-order valence-electron chi connectivity index (χ2n) is 8.75. The summed E-state index contributed by atoms with van der Waals surface area (Å²) in [5.74, 6) is -0.0942. The molecule has 1 aromatic carbocycles. The molecule has 34 heavy (non-hydrogen) atoms. The number of fused-ring (bicyclic) bond motifs is 1. The van der Waals surface area contributed by atoms with E-state index in [-0.39, 0.29) is 11.4 Å². The van der Waals surface area contributed by atoms with Gasteiger partial charge in [-0.3, -0.25) is 4.79 Å². The van der Waals surface area contributed by atoms with E-state index in [1.54, 1.807) is 11.3 Å². The molecule has 1 aliphatic heterocycles. The highest BCUT2D eigenvalue weighted by Crippen LogP contribution is 2.39. The number of rotatable bonds is 4. The lowest BCUT2D eigenvalue weighted by Crippen LogP contribution is -2.31. The van der Waals surface area contributed by atoms with Crippen LogP contribution in [-0.4, -0.2) is 16.0 Å². The normalized spacial score (nSPS) is 18.6. The first-order valence-electron chi connectivity index (χ1n) is 11.3. The maximum atomic E-state index is 12.7. The molecule has 0 radical (unpaired) electrons. The van der Waals surface area contributed by atoms with Crippen molar-refractivity contribution in [2.45, 2.75) is 52.0 Å². The molecule has 2 aliphatic rings. The molecule has 3 aromatic rings. The van der Waals surface area contributed by atoms with Gasteiger partial charge in [0.1, 0.15) is 11.1 Å². The highest BCUT2D eigenvalue weighted by molar-refractivity contribution is 8.05. The van der Waals surface area contributed by atoms with Gasteiger partial charge in [0.15, 0.2) is 5.50 Å². The van der Waals surface area contributed by atoms with E-state index in [1.165, 1.54) is 28.6 Å². The standard InChI is InChI=1S/C26H25ClN4OS2/c1-14-10-18(27)8-9-21(14)29-26-30-24(32)23(34-26)12-17-11-15(2)31(16(17)3)25-20(13-28)19-6-4-5-7-22(19)33-25/h8-12,26,29H,4-7H2,1-3H3,(H,30,32)/b23-12-. The van der Waals surface area contributed by atoms with Gasteiger partial charge in [-0.15, -0.1) is 11.3 Å². The van der Waals surface area contributed by atoms with Crippen LogP contribution in [0.2, 0.25) is 5.02 Å². The molecule has 174 valence electrons. The van der Waals surface area contributed by atoms with Gasteiger partial charge in [-0.1, -0.05) is 23.4 Å². The number of nitriles is 1. The molecule has 1 saturated heterocycles. The van der Waals surface area contributed by atoms with Crippen molar-refractivity contribution in [3.05, 3.63) is 72.7 Å². The lowest BCUT2D eigenvalue weighted by atomic mass is 9.96. The number of thiophene rings is 1. The van der Waals surface area contributed by atoms with Crippen LogP contribution in [0.3, 0.4) is 0 Å². The van der Waals surface area contributed by atoms with Crippen molar-refractivity contribution >= 4 is 52.4 Å². The topological polar surface area (TPSA) is 69.8 Å². The van der Waals surface area contributed by atoms with E-state index >= 15 is 0 Å². The predicted octanol–water partition coefficient (Wildman–Crippen LogP) is 6.47. The van der Waals surface area contributed by atoms with Crippen molar-refractivity contribution in [3.63, 3.8) is 0 Å². The third-order valence-corrected chi connectivity index (χ3v) is 8.97. The van der Waals surface area contributed by atoms with Gasteiger partial charge in [-0.05, 0) is 93.5 Å². The van der Waals surface area contributed by atoms with E-state index in [0.717, 1.165) is 58.0 Å². The number of aromatic nitrogens is 1. The van der Waals surface area contributed by atoms with Gasteiger partial charge in [-0.2, -0.15) is 5.26 Å². The number of carbonyl (C=O) groups excluding carboxylic acids is 1. The summed E-state index contributed by atoms with van der Waals surface area (Å²) in [6.07, 6.45) is 6.34. The average Bonchev–Trinajstić information content (AvgIpc) is 3.43. The van der Waals surface area contributed by atoms with Gasteiger partial charge in [-0.25, -0.2) is 0 Å². The van der Waals surface area contributed by atoms with E-state index in [1.807, 2.05) is 31.2 Å². The van der Waals surface area contributed by atoms with Gasteiger partial charge in [0.2, 0.25) is 0 Å². The molecule has 1 unspecified atom stereocenters. The van der Waals surface area contributed by atoms with Gasteiger partial charge in [0, 0.05) is 27.0 Å². The maximum absolute atomic E-state index is 12.7. The van der Waals surface area contributed by atoms with E-state index in [2.05, 4.69) is 41.2 Å². The average molecular weight is 509 g/mol. The van der Waals surface area contributed by atoms with E-state index in [9.17, 15) is 10.1 Å². The first kappa shape index (κ1) is 23.1. The Bertz CT molecular complexity index is 1380. The van der Waals surface area contributed by atoms with Crippen LogP contribution in [0.15, 0.2) is 29.2 Å². The van der Waals surface area contributed by atoms with E-state index in [0.29, 0.717) is 9.93 Å². The summed E-state index contributed by atoms with van der Waals surface area (Å²) in [6, 6.07) is 10.2. The summed E-state index contributed by atoms with van der Waals surface area (Å²) in [6.45, 7) is 6.10. The van der Waals surface area contributed by atoms with Crippen molar-refractivity contribution in [3.8, 4) is 11.1 Å². The number of hydrogen-bond acceptors (Lipinski definition) is 5. The highest BCUT2D eigenvalue weighted by atomic mass is 35.5. The van der Waals surface area contributed by atoms with Crippen LogP contribution in [0.4, 0.5) is 5.69 Å². The van der Waals surface area contributed by atoms with Crippen LogP contribution in [0.1, 0.15) is 51.4 Å². The number of amides is 1. The Hall–Kier alpha value is -2.66. The second kappa shape index (κ2) is 9.18. The third kappa shape index (κ3) is 4.15. The number of benzene rings is 1. The van der Waals surface area contributed by atoms with Crippen molar-refractivity contribution in [2.75, 3.05) is 5.32 Å². The van der Waals surface area contributed by atoms with Crippen molar-refractivity contribution in [1.82, 2.24) is 9.88 Å². The molecular formula is C26H25ClN4OS2. The minimum Gasteiger partial charge on any atom is -0.356 e. The molecule has 5 rings (SSSR count). The van der Waals surface area contributed by atoms with Crippen LogP contribution in [0, 0.1) is 32.1 Å². The minimum atomic E-state index is -0.253. The molecule has 0 spiro atoms. The fourth-order valence-corrected chi connectivity index (χ4v) is 7.35. The Morgan fingerprint density at radius 2 is 2.03 bits per heavy atom. The Balaban J connectivity index is 1.43. The monoisotopic (exact) mass is 508 g/mol. The Labute approximate surface area is 212 Å². The molecule has 1 amide bonds. The maximum Gasteiger partial charge on any atom is 0.260 e. The predicted molar refractivity (Wildman–Crippen MR) is 142 cm³/mol. The number of thioether (sulfide) groups is 1. The quantitative estimate of drug-likeness (QED) is 0.396. The molecule has 0 bridgehead atoms. The summed E-state index contributed by atoms with van der Waals surface area (Å²) in [4.78, 5) is 14.7. The molecule has 8 heteroatoms. The number of aryl methyl sites for hydroxylation is 3. The smallest absolute Gasteiger partial charge is 0.260 e. The molecule has 1 fully saturated rings. The molecule has 3 heterocycles. The summed E-state index contributed by atoms with van der Waals surface area (Å²) in [5, 5.41) is 18.0. The van der Waals surface area contributed by atoms with Crippen molar-refractivity contribution in [2.24, 2.45) is 0 Å². The van der Waals surface area contributed by atoms with Crippen LogP contribution in [0.5, 0.6) is 0 Å². The summed E-state index contributed by atoms with van der Waals surface area (Å²) < 4.78 is 2.18. The fraction of sp³-hybridized carbons (Fsp3) is 0.308. The molecule has 2 N–H and O–H groups in total. The van der Waals surface area contributed by atoms with Crippen LogP contribution >= 0.6 is 34.7 Å². The summed E-state index contributed by atoms with van der Waals surface area (Å²) in [7, 11) is 0. The number of nitrogens with one attached hydrogen (secondary N) is 2. The molecule has 1 aliphatic carbocycles. The van der Waals surface area contributed by atoms with Crippen molar-refractivity contribution < 1.29 is 4.79 Å². The number of hydrogen-bond donors (Lipinski definition) is 2. The minimum absolute atomic E-state index is 0.0942. The lowest BCUT2D eigenvalue weighted by Gasteiger charge is -2.15. The largest absolute Gasteiger partial charge is 0.356 e. The SMILES string of the molecule is Cc1cc(Cl)ccc1NC1NC(=O)/C(=C/c2cc(C)n(-c3sc4c(c3C#N)CCCC4)c2C)S1. The zero-order chi connectivity index (χ0) is 24.0. The van der Waals surface area contributed by atoms with Crippen molar-refractivity contribution in [1.29, 1.82) is 5.26 Å². The molecule has 1 atom stereocenters. The van der Waals surface area contributed by atoms with Gasteiger partial charge >= 0.3 is 0 Å². The Morgan fingerprint density at radius 3 is 2.79 bits per heavy atom. The van der Waals surface area contributed by atoms with Crippen LogP contribution < -0.4 is 10.6 Å². The Morgan fingerprint density at radius 1 is 1.24 bits per heavy atom. The summed E-state index contributed by atoms with van der Waals surface area (Å²) >= 11 is 9.27. The number of anilines is 1. The van der Waals surface area contributed by atoms with Gasteiger partial charge in [0.25, 0.3) is 5.91 Å². The van der Waals surface area contributed by atoms with Gasteiger partial charge in [0.05, 0.1) is 10.5 Å². The third-order valence-electron chi connectivity index (χ3n) is 6.43. The van der Waals surface area contributed by atoms with Gasteiger partial charge < -0.3 is 15.2 Å². The van der Waals surface area contributed by atoms with E-state index in [4.69, 9.17) is 11.6 Å². The Kier molecular flexibility index (Phi) is 6.24. The van der Waals surface area contributed by atoms with Crippen LogP contribution in [-0.2, 0) is 17.6 Å². The molecule has 2 aromatic heterocycles. The first-order chi connectivity index (χ1) is 16.4. The van der Waals surface area contributed by atoms with Crippen LogP contribution in [0.25, 0.3) is 11.1 Å². The molecule has 0 saturated carbocycles. The second-order valence-corrected chi connectivity index (χ2v) is 11.4. The molecule has 5 nitrogen and oxygen atoms in total. The highest BCUT2D eigenvalue weighted by Gasteiger charge is 2.29. The lowest BCUT2D eigenvalue weighted by molar-refractivity contribution is -0.116. The zero-order valence-electron chi connectivity index (χ0n) is 19.3.